The lowest BCUT2D eigenvalue weighted by Crippen LogP contribution is -2.07. The van der Waals surface area contributed by atoms with Crippen molar-refractivity contribution in [1.82, 2.24) is 5.32 Å². The normalized spacial score (nSPS) is 10.6. The van der Waals surface area contributed by atoms with Gasteiger partial charge in [0.15, 0.2) is 0 Å². The molecular formula is C17H20ClNO2. The van der Waals surface area contributed by atoms with Gasteiger partial charge in [0.2, 0.25) is 0 Å². The molecule has 0 atom stereocenters. The van der Waals surface area contributed by atoms with E-state index in [2.05, 4.69) is 17.4 Å². The van der Waals surface area contributed by atoms with Crippen molar-refractivity contribution in [3.05, 3.63) is 58.6 Å². The fourth-order valence-electron chi connectivity index (χ4n) is 2.10. The quantitative estimate of drug-likeness (QED) is 0.818. The number of hydrogen-bond donors (Lipinski definition) is 2. The Hall–Kier alpha value is -1.55. The molecule has 0 amide bonds. The largest absolute Gasteiger partial charge is 0.457 e. The first-order chi connectivity index (χ1) is 10.2. The Kier molecular flexibility index (Phi) is 6.05. The Balaban J connectivity index is 2.22. The Bertz CT molecular complexity index is 570. The van der Waals surface area contributed by atoms with Gasteiger partial charge in [-0.25, -0.2) is 0 Å². The predicted octanol–water partition coefficient (Wildman–Crippen LogP) is 3.78. The van der Waals surface area contributed by atoms with Crippen molar-refractivity contribution < 1.29 is 9.84 Å². The molecule has 0 aliphatic heterocycles. The average Bonchev–Trinajstić information content (AvgIpc) is 2.50. The lowest BCUT2D eigenvalue weighted by molar-refractivity contribution is 0.288. The van der Waals surface area contributed by atoms with Gasteiger partial charge in [0.1, 0.15) is 11.5 Å². The fraction of sp³-hybridized carbons (Fsp3) is 0.294. The molecule has 2 rings (SSSR count). The van der Waals surface area contributed by atoms with Crippen molar-refractivity contribution in [2.75, 3.05) is 13.7 Å². The van der Waals surface area contributed by atoms with Crippen LogP contribution in [0.1, 0.15) is 17.5 Å². The average molecular weight is 306 g/mol. The van der Waals surface area contributed by atoms with E-state index in [1.54, 1.807) is 0 Å². The maximum atomic E-state index is 8.94. The van der Waals surface area contributed by atoms with E-state index in [0.717, 1.165) is 42.0 Å². The van der Waals surface area contributed by atoms with Crippen LogP contribution in [-0.2, 0) is 13.0 Å². The number of aliphatic hydroxyl groups excluding tert-OH is 1. The van der Waals surface area contributed by atoms with Crippen LogP contribution in [0.2, 0.25) is 5.02 Å². The van der Waals surface area contributed by atoms with Crippen LogP contribution >= 0.6 is 11.6 Å². The fourth-order valence-corrected chi connectivity index (χ4v) is 2.22. The molecule has 2 N–H and O–H groups in total. The molecule has 0 spiro atoms. The highest BCUT2D eigenvalue weighted by Crippen LogP contribution is 2.28. The zero-order valence-electron chi connectivity index (χ0n) is 12.1. The molecule has 0 saturated carbocycles. The zero-order chi connectivity index (χ0) is 15.1. The summed E-state index contributed by atoms with van der Waals surface area (Å²) in [6, 6.07) is 13.5. The van der Waals surface area contributed by atoms with Gasteiger partial charge in [-0.15, -0.1) is 0 Å². The molecule has 0 fully saturated rings. The molecule has 0 heterocycles. The van der Waals surface area contributed by atoms with Crippen LogP contribution in [0.4, 0.5) is 0 Å². The van der Waals surface area contributed by atoms with E-state index in [4.69, 9.17) is 21.4 Å². The van der Waals surface area contributed by atoms with E-state index < -0.39 is 0 Å². The molecule has 0 bridgehead atoms. The Morgan fingerprint density at radius 3 is 2.57 bits per heavy atom. The topological polar surface area (TPSA) is 41.5 Å². The third-order valence-electron chi connectivity index (χ3n) is 3.16. The number of ether oxygens (including phenoxy) is 1. The maximum Gasteiger partial charge on any atom is 0.132 e. The van der Waals surface area contributed by atoms with Crippen LogP contribution in [0.25, 0.3) is 0 Å². The van der Waals surface area contributed by atoms with Crippen LogP contribution < -0.4 is 10.1 Å². The summed E-state index contributed by atoms with van der Waals surface area (Å²) in [7, 11) is 1.91. The first kappa shape index (κ1) is 15.8. The molecule has 0 aromatic heterocycles. The van der Waals surface area contributed by atoms with Crippen molar-refractivity contribution in [2.24, 2.45) is 0 Å². The highest BCUT2D eigenvalue weighted by Gasteiger charge is 2.06. The Morgan fingerprint density at radius 2 is 1.90 bits per heavy atom. The van der Waals surface area contributed by atoms with Gasteiger partial charge in [0.25, 0.3) is 0 Å². The molecule has 0 aliphatic rings. The first-order valence-electron chi connectivity index (χ1n) is 7.03. The van der Waals surface area contributed by atoms with E-state index in [9.17, 15) is 0 Å². The minimum Gasteiger partial charge on any atom is -0.457 e. The number of aryl methyl sites for hydroxylation is 1. The van der Waals surface area contributed by atoms with E-state index in [1.165, 1.54) is 0 Å². The summed E-state index contributed by atoms with van der Waals surface area (Å²) in [6.45, 7) is 0.939. The summed E-state index contributed by atoms with van der Waals surface area (Å²) >= 11 is 5.89. The van der Waals surface area contributed by atoms with Gasteiger partial charge >= 0.3 is 0 Å². The molecular weight excluding hydrogens is 286 g/mol. The van der Waals surface area contributed by atoms with E-state index in [1.807, 2.05) is 37.4 Å². The lowest BCUT2D eigenvalue weighted by atomic mass is 10.1. The smallest absolute Gasteiger partial charge is 0.132 e. The molecule has 0 aliphatic carbocycles. The minimum atomic E-state index is 0.200. The standard InChI is InChI=1S/C17H20ClNO2/c1-19-12-14-5-4-13(3-2-10-20)11-17(14)21-16-8-6-15(18)7-9-16/h4-9,11,19-20H,2-3,10,12H2,1H3. The van der Waals surface area contributed by atoms with Crippen molar-refractivity contribution >= 4 is 11.6 Å². The van der Waals surface area contributed by atoms with Gasteiger partial charge in [-0.05, 0) is 55.8 Å². The van der Waals surface area contributed by atoms with Crippen LogP contribution in [-0.4, -0.2) is 18.8 Å². The van der Waals surface area contributed by atoms with Gasteiger partial charge in [0, 0.05) is 23.7 Å². The Labute approximate surface area is 130 Å². The minimum absolute atomic E-state index is 0.200. The van der Waals surface area contributed by atoms with Crippen molar-refractivity contribution in [3.8, 4) is 11.5 Å². The molecule has 0 unspecified atom stereocenters. The number of halogens is 1. The summed E-state index contributed by atoms with van der Waals surface area (Å²) in [6.07, 6.45) is 1.60. The maximum absolute atomic E-state index is 8.94. The van der Waals surface area contributed by atoms with E-state index in [-0.39, 0.29) is 6.61 Å². The first-order valence-corrected chi connectivity index (χ1v) is 7.41. The number of nitrogens with one attached hydrogen (secondary N) is 1. The predicted molar refractivity (Wildman–Crippen MR) is 86.1 cm³/mol. The lowest BCUT2D eigenvalue weighted by Gasteiger charge is -2.13. The number of benzene rings is 2. The van der Waals surface area contributed by atoms with Crippen LogP contribution in [0.15, 0.2) is 42.5 Å². The number of hydrogen-bond acceptors (Lipinski definition) is 3. The monoisotopic (exact) mass is 305 g/mol. The molecule has 2 aromatic carbocycles. The third-order valence-corrected chi connectivity index (χ3v) is 3.42. The van der Waals surface area contributed by atoms with Gasteiger partial charge in [-0.2, -0.15) is 0 Å². The number of rotatable bonds is 7. The van der Waals surface area contributed by atoms with Crippen LogP contribution in [0.5, 0.6) is 11.5 Å². The second-order valence-electron chi connectivity index (χ2n) is 4.86. The Morgan fingerprint density at radius 1 is 1.14 bits per heavy atom. The molecule has 2 aromatic rings. The van der Waals surface area contributed by atoms with Crippen molar-refractivity contribution in [2.45, 2.75) is 19.4 Å². The second kappa shape index (κ2) is 8.03. The summed E-state index contributed by atoms with van der Waals surface area (Å²) in [4.78, 5) is 0. The van der Waals surface area contributed by atoms with Gasteiger partial charge in [-0.1, -0.05) is 23.7 Å². The van der Waals surface area contributed by atoms with Crippen LogP contribution in [0.3, 0.4) is 0 Å². The summed E-state index contributed by atoms with van der Waals surface area (Å²) in [5, 5.41) is 12.8. The van der Waals surface area contributed by atoms with Crippen molar-refractivity contribution in [1.29, 1.82) is 0 Å². The van der Waals surface area contributed by atoms with Crippen LogP contribution in [0, 0.1) is 0 Å². The highest BCUT2D eigenvalue weighted by atomic mass is 35.5. The molecule has 112 valence electrons. The zero-order valence-corrected chi connectivity index (χ0v) is 12.9. The molecule has 0 radical (unpaired) electrons. The highest BCUT2D eigenvalue weighted by molar-refractivity contribution is 6.30. The van der Waals surface area contributed by atoms with Gasteiger partial charge in [0.05, 0.1) is 0 Å². The summed E-state index contributed by atoms with van der Waals surface area (Å²) in [5.74, 6) is 1.60. The molecule has 0 saturated heterocycles. The molecule has 21 heavy (non-hydrogen) atoms. The summed E-state index contributed by atoms with van der Waals surface area (Å²) < 4.78 is 5.98. The van der Waals surface area contributed by atoms with E-state index in [0.29, 0.717) is 5.02 Å². The second-order valence-corrected chi connectivity index (χ2v) is 5.29. The van der Waals surface area contributed by atoms with E-state index >= 15 is 0 Å². The number of aliphatic hydroxyl groups is 1. The van der Waals surface area contributed by atoms with Gasteiger partial charge in [-0.3, -0.25) is 0 Å². The van der Waals surface area contributed by atoms with Gasteiger partial charge < -0.3 is 15.2 Å². The molecule has 4 heteroatoms. The van der Waals surface area contributed by atoms with Crippen molar-refractivity contribution in [3.63, 3.8) is 0 Å². The SMILES string of the molecule is CNCc1ccc(CCCO)cc1Oc1ccc(Cl)cc1. The molecule has 3 nitrogen and oxygen atoms in total. The summed E-state index contributed by atoms with van der Waals surface area (Å²) in [5.41, 5.74) is 2.26. The third kappa shape index (κ3) is 4.74.